The molecule has 2 nitrogen and oxygen atoms in total. The molecule has 2 N–H and O–H groups in total. The Bertz CT molecular complexity index is 409. The molecule has 1 aromatic carbocycles. The first-order valence-corrected chi connectivity index (χ1v) is 6.56. The second-order valence-electron chi connectivity index (χ2n) is 5.15. The lowest BCUT2D eigenvalue weighted by atomic mass is 9.85. The lowest BCUT2D eigenvalue weighted by Crippen LogP contribution is -2.55. The van der Waals surface area contributed by atoms with E-state index in [-0.39, 0.29) is 17.4 Å². The topological polar surface area (TPSA) is 29.3 Å². The molecule has 4 heteroatoms. The average Bonchev–Trinajstić information content (AvgIpc) is 2.31. The Morgan fingerprint density at radius 1 is 1.44 bits per heavy atom. The molecule has 0 aliphatic rings. The Labute approximate surface area is 114 Å². The van der Waals surface area contributed by atoms with E-state index < -0.39 is 0 Å². The Morgan fingerprint density at radius 2 is 2.06 bits per heavy atom. The minimum atomic E-state index is -0.316. The molecule has 0 heterocycles. The van der Waals surface area contributed by atoms with Crippen LogP contribution in [0.1, 0.15) is 25.8 Å². The van der Waals surface area contributed by atoms with E-state index in [1.807, 2.05) is 14.1 Å². The zero-order valence-corrected chi connectivity index (χ0v) is 12.3. The van der Waals surface area contributed by atoms with Gasteiger partial charge < -0.3 is 10.6 Å². The van der Waals surface area contributed by atoms with Gasteiger partial charge in [0.25, 0.3) is 0 Å². The van der Waals surface area contributed by atoms with Crippen molar-refractivity contribution in [1.29, 1.82) is 0 Å². The Hall–Kier alpha value is -0.640. The second kappa shape index (κ2) is 6.00. The monoisotopic (exact) mass is 272 g/mol. The molecule has 102 valence electrons. The van der Waals surface area contributed by atoms with Crippen molar-refractivity contribution < 1.29 is 4.39 Å². The summed E-state index contributed by atoms with van der Waals surface area (Å²) in [7, 11) is 4.05. The van der Waals surface area contributed by atoms with Crippen molar-refractivity contribution in [1.82, 2.24) is 4.90 Å². The van der Waals surface area contributed by atoms with Crippen LogP contribution in [0.3, 0.4) is 0 Å². The number of nitrogens with zero attached hydrogens (tertiary/aromatic N) is 1. The number of hydrogen-bond acceptors (Lipinski definition) is 2. The number of nitrogens with two attached hydrogens (primary N) is 1. The fourth-order valence-electron chi connectivity index (χ4n) is 2.05. The largest absolute Gasteiger partial charge is 0.326 e. The maximum atomic E-state index is 13.0. The van der Waals surface area contributed by atoms with Gasteiger partial charge in [0, 0.05) is 16.6 Å². The molecular weight excluding hydrogens is 251 g/mol. The molecule has 0 amide bonds. The van der Waals surface area contributed by atoms with Crippen LogP contribution in [-0.2, 0) is 6.42 Å². The van der Waals surface area contributed by atoms with Crippen LogP contribution in [0.2, 0.25) is 5.02 Å². The maximum Gasteiger partial charge on any atom is 0.124 e. The zero-order chi connectivity index (χ0) is 13.9. The first-order valence-electron chi connectivity index (χ1n) is 6.18. The maximum absolute atomic E-state index is 13.0. The van der Waals surface area contributed by atoms with E-state index in [9.17, 15) is 4.39 Å². The van der Waals surface area contributed by atoms with Gasteiger partial charge in [-0.2, -0.15) is 0 Å². The summed E-state index contributed by atoms with van der Waals surface area (Å²) in [5.74, 6) is -0.316. The smallest absolute Gasteiger partial charge is 0.124 e. The molecular formula is C14H22ClFN2. The van der Waals surface area contributed by atoms with E-state index in [2.05, 4.69) is 18.7 Å². The van der Waals surface area contributed by atoms with Crippen LogP contribution in [0.25, 0.3) is 0 Å². The van der Waals surface area contributed by atoms with Gasteiger partial charge in [0.05, 0.1) is 0 Å². The first-order chi connectivity index (χ1) is 8.31. The van der Waals surface area contributed by atoms with Crippen molar-refractivity contribution in [3.8, 4) is 0 Å². The molecule has 0 spiro atoms. The number of halogens is 2. The van der Waals surface area contributed by atoms with Crippen molar-refractivity contribution in [2.45, 2.75) is 38.3 Å². The number of hydrogen-bond donors (Lipinski definition) is 1. The fraction of sp³-hybridized carbons (Fsp3) is 0.571. The third-order valence-corrected chi connectivity index (χ3v) is 4.34. The summed E-state index contributed by atoms with van der Waals surface area (Å²) in [6.07, 6.45) is 1.58. The molecule has 0 aromatic heterocycles. The number of rotatable bonds is 5. The van der Waals surface area contributed by atoms with E-state index >= 15 is 0 Å². The summed E-state index contributed by atoms with van der Waals surface area (Å²) in [6, 6.07) is 4.42. The number of likely N-dealkylation sites (N-methyl/N-ethyl adjacent to an activating group) is 1. The Morgan fingerprint density at radius 3 is 2.50 bits per heavy atom. The predicted molar refractivity (Wildman–Crippen MR) is 75.5 cm³/mol. The molecule has 1 aromatic rings. The van der Waals surface area contributed by atoms with Crippen molar-refractivity contribution in [3.05, 3.63) is 34.6 Å². The van der Waals surface area contributed by atoms with E-state index in [4.69, 9.17) is 17.3 Å². The van der Waals surface area contributed by atoms with Crippen LogP contribution >= 0.6 is 11.6 Å². The van der Waals surface area contributed by atoms with Crippen molar-refractivity contribution in [3.63, 3.8) is 0 Å². The first kappa shape index (κ1) is 15.4. The molecule has 2 unspecified atom stereocenters. The molecule has 0 saturated heterocycles. The van der Waals surface area contributed by atoms with Crippen molar-refractivity contribution in [2.24, 2.45) is 5.73 Å². The summed E-state index contributed by atoms with van der Waals surface area (Å²) in [5, 5.41) is 0.447. The van der Waals surface area contributed by atoms with Gasteiger partial charge in [-0.1, -0.05) is 24.6 Å². The summed E-state index contributed by atoms with van der Waals surface area (Å²) in [4.78, 5) is 2.13. The minimum absolute atomic E-state index is 0.0551. The fourth-order valence-corrected chi connectivity index (χ4v) is 2.30. The van der Waals surface area contributed by atoms with Crippen LogP contribution < -0.4 is 5.73 Å². The molecule has 0 aliphatic carbocycles. The van der Waals surface area contributed by atoms with Crippen LogP contribution in [0.15, 0.2) is 18.2 Å². The van der Waals surface area contributed by atoms with Gasteiger partial charge in [0.15, 0.2) is 0 Å². The number of benzene rings is 1. The summed E-state index contributed by atoms with van der Waals surface area (Å²) >= 11 is 6.04. The Balaban J connectivity index is 2.89. The van der Waals surface area contributed by atoms with Gasteiger partial charge in [-0.25, -0.2) is 4.39 Å². The summed E-state index contributed by atoms with van der Waals surface area (Å²) < 4.78 is 13.0. The van der Waals surface area contributed by atoms with E-state index in [0.29, 0.717) is 11.4 Å². The van der Waals surface area contributed by atoms with E-state index in [1.165, 1.54) is 12.1 Å². The molecule has 1 rings (SSSR count). The normalized spacial score (nSPS) is 16.7. The highest BCUT2D eigenvalue weighted by Crippen LogP contribution is 2.25. The predicted octanol–water partition coefficient (Wildman–Crippen LogP) is 3.08. The highest BCUT2D eigenvalue weighted by molar-refractivity contribution is 6.31. The van der Waals surface area contributed by atoms with Crippen LogP contribution in [-0.4, -0.2) is 30.6 Å². The van der Waals surface area contributed by atoms with Gasteiger partial charge in [-0.15, -0.1) is 0 Å². The van der Waals surface area contributed by atoms with Crippen LogP contribution in [0, 0.1) is 5.82 Å². The molecule has 18 heavy (non-hydrogen) atoms. The average molecular weight is 273 g/mol. The summed E-state index contributed by atoms with van der Waals surface area (Å²) in [5.41, 5.74) is 7.10. The van der Waals surface area contributed by atoms with Crippen molar-refractivity contribution in [2.75, 3.05) is 14.1 Å². The molecule has 0 saturated carbocycles. The highest BCUT2D eigenvalue weighted by Gasteiger charge is 2.32. The van der Waals surface area contributed by atoms with Crippen molar-refractivity contribution >= 4 is 11.6 Å². The van der Waals surface area contributed by atoms with Crippen LogP contribution in [0.4, 0.5) is 4.39 Å². The minimum Gasteiger partial charge on any atom is -0.326 e. The van der Waals surface area contributed by atoms with Gasteiger partial charge >= 0.3 is 0 Å². The SMILES string of the molecule is CCC(C)(C(N)Cc1ccc(F)cc1Cl)N(C)C. The molecule has 2 atom stereocenters. The third-order valence-electron chi connectivity index (χ3n) is 3.99. The molecule has 0 radical (unpaired) electrons. The summed E-state index contributed by atoms with van der Waals surface area (Å²) in [6.45, 7) is 4.25. The van der Waals surface area contributed by atoms with Gasteiger partial charge in [0.2, 0.25) is 0 Å². The lowest BCUT2D eigenvalue weighted by molar-refractivity contribution is 0.131. The van der Waals surface area contributed by atoms with Gasteiger partial charge in [0.1, 0.15) is 5.82 Å². The standard InChI is InChI=1S/C14H22ClFN2/c1-5-14(2,18(3)4)13(17)8-10-6-7-11(16)9-12(10)15/h6-7,9,13H,5,8,17H2,1-4H3. The zero-order valence-electron chi connectivity index (χ0n) is 11.5. The Kier molecular flexibility index (Phi) is 5.14. The van der Waals surface area contributed by atoms with Crippen LogP contribution in [0.5, 0.6) is 0 Å². The quantitative estimate of drug-likeness (QED) is 0.893. The molecule has 0 fully saturated rings. The highest BCUT2D eigenvalue weighted by atomic mass is 35.5. The molecule has 0 bridgehead atoms. The second-order valence-corrected chi connectivity index (χ2v) is 5.56. The lowest BCUT2D eigenvalue weighted by Gasteiger charge is -2.41. The molecule has 0 aliphatic heterocycles. The third kappa shape index (κ3) is 3.22. The van der Waals surface area contributed by atoms with E-state index in [0.717, 1.165) is 12.0 Å². The van der Waals surface area contributed by atoms with Gasteiger partial charge in [-0.3, -0.25) is 0 Å². The van der Waals surface area contributed by atoms with E-state index in [1.54, 1.807) is 6.07 Å². The van der Waals surface area contributed by atoms with Gasteiger partial charge in [-0.05, 0) is 51.6 Å².